The van der Waals surface area contributed by atoms with Crippen molar-refractivity contribution in [3.63, 3.8) is 0 Å². The van der Waals surface area contributed by atoms with Gasteiger partial charge in [0.05, 0.1) is 6.61 Å². The fourth-order valence-corrected chi connectivity index (χ4v) is 1.39. The lowest BCUT2D eigenvalue weighted by molar-refractivity contribution is 0.277. The van der Waals surface area contributed by atoms with Gasteiger partial charge in [-0.05, 0) is 6.07 Å². The minimum atomic E-state index is -1.26. The summed E-state index contributed by atoms with van der Waals surface area (Å²) in [7, 11) is 0. The first-order valence-corrected chi connectivity index (χ1v) is 4.83. The molecule has 0 bridgehead atoms. The summed E-state index contributed by atoms with van der Waals surface area (Å²) in [5, 5.41) is 12.2. The number of halogens is 3. The second kappa shape index (κ2) is 4.58. The van der Waals surface area contributed by atoms with E-state index in [1.54, 1.807) is 0 Å². The summed E-state index contributed by atoms with van der Waals surface area (Å²) < 4.78 is 43.8. The smallest absolute Gasteiger partial charge is 0.161 e. The highest BCUT2D eigenvalue weighted by atomic mass is 19.2. The van der Waals surface area contributed by atoms with Crippen molar-refractivity contribution in [2.75, 3.05) is 6.61 Å². The fraction of sp³-hybridized carbons (Fsp3) is 0.182. The van der Waals surface area contributed by atoms with E-state index in [9.17, 15) is 13.2 Å². The van der Waals surface area contributed by atoms with Crippen molar-refractivity contribution < 1.29 is 22.8 Å². The molecule has 0 fully saturated rings. The average molecular weight is 243 g/mol. The number of rotatable bonds is 3. The van der Waals surface area contributed by atoms with Gasteiger partial charge < -0.3 is 9.63 Å². The van der Waals surface area contributed by atoms with Crippen molar-refractivity contribution >= 4 is 0 Å². The summed E-state index contributed by atoms with van der Waals surface area (Å²) in [6.45, 7) is -0.144. The highest BCUT2D eigenvalue weighted by Crippen LogP contribution is 2.24. The van der Waals surface area contributed by atoms with E-state index in [1.807, 2.05) is 0 Å². The summed E-state index contributed by atoms with van der Waals surface area (Å²) in [4.78, 5) is 0. The van der Waals surface area contributed by atoms with Crippen molar-refractivity contribution in [2.24, 2.45) is 0 Å². The van der Waals surface area contributed by atoms with Gasteiger partial charge in [-0.3, -0.25) is 0 Å². The van der Waals surface area contributed by atoms with Crippen molar-refractivity contribution in [3.05, 3.63) is 41.4 Å². The number of benzene rings is 1. The third kappa shape index (κ3) is 2.31. The lowest BCUT2D eigenvalue weighted by atomic mass is 10.1. The molecule has 17 heavy (non-hydrogen) atoms. The van der Waals surface area contributed by atoms with Gasteiger partial charge in [-0.25, -0.2) is 13.2 Å². The van der Waals surface area contributed by atoms with Gasteiger partial charge in [-0.2, -0.15) is 0 Å². The first-order chi connectivity index (χ1) is 8.11. The maximum Gasteiger partial charge on any atom is 0.161 e. The van der Waals surface area contributed by atoms with Gasteiger partial charge >= 0.3 is 0 Å². The van der Waals surface area contributed by atoms with Gasteiger partial charge in [0, 0.05) is 24.1 Å². The van der Waals surface area contributed by atoms with Crippen LogP contribution in [0.1, 0.15) is 5.76 Å². The maximum absolute atomic E-state index is 13.4. The van der Waals surface area contributed by atoms with E-state index >= 15 is 0 Å². The normalized spacial score (nSPS) is 10.8. The van der Waals surface area contributed by atoms with Crippen LogP contribution in [0.2, 0.25) is 0 Å². The van der Waals surface area contributed by atoms with Gasteiger partial charge in [-0.15, -0.1) is 0 Å². The zero-order valence-corrected chi connectivity index (χ0v) is 8.58. The molecule has 0 saturated carbocycles. The van der Waals surface area contributed by atoms with E-state index in [4.69, 9.17) is 9.63 Å². The van der Waals surface area contributed by atoms with Crippen molar-refractivity contribution in [1.82, 2.24) is 5.16 Å². The Bertz CT molecular complexity index is 540. The van der Waals surface area contributed by atoms with E-state index in [1.165, 1.54) is 6.07 Å². The summed E-state index contributed by atoms with van der Waals surface area (Å²) >= 11 is 0. The van der Waals surface area contributed by atoms with Crippen LogP contribution in [-0.2, 0) is 6.42 Å². The molecule has 1 N–H and O–H groups in total. The number of hydrogen-bond acceptors (Lipinski definition) is 3. The summed E-state index contributed by atoms with van der Waals surface area (Å²) in [6, 6.07) is 2.53. The highest BCUT2D eigenvalue weighted by Gasteiger charge is 2.15. The molecule has 2 rings (SSSR count). The van der Waals surface area contributed by atoms with Crippen LogP contribution in [0.4, 0.5) is 13.2 Å². The van der Waals surface area contributed by atoms with Crippen LogP contribution in [0.5, 0.6) is 0 Å². The molecule has 0 aliphatic rings. The molecular formula is C11H8F3NO2. The molecular weight excluding hydrogens is 235 g/mol. The first kappa shape index (κ1) is 11.7. The quantitative estimate of drug-likeness (QED) is 0.841. The predicted molar refractivity (Wildman–Crippen MR) is 52.6 cm³/mol. The van der Waals surface area contributed by atoms with Crippen LogP contribution >= 0.6 is 0 Å². The molecule has 0 unspecified atom stereocenters. The molecule has 0 spiro atoms. The number of aliphatic hydroxyl groups is 1. The third-order valence-corrected chi connectivity index (χ3v) is 2.20. The zero-order valence-electron chi connectivity index (χ0n) is 8.58. The minimum absolute atomic E-state index is 0.0600. The second-order valence-electron chi connectivity index (χ2n) is 3.40. The lowest BCUT2D eigenvalue weighted by Crippen LogP contribution is -1.91. The van der Waals surface area contributed by atoms with E-state index in [2.05, 4.69) is 5.16 Å². The van der Waals surface area contributed by atoms with Crippen molar-refractivity contribution in [2.45, 2.75) is 6.42 Å². The lowest BCUT2D eigenvalue weighted by Gasteiger charge is -1.99. The molecule has 1 heterocycles. The van der Waals surface area contributed by atoms with Crippen LogP contribution in [0.3, 0.4) is 0 Å². The Labute approximate surface area is 94.5 Å². The topological polar surface area (TPSA) is 46.3 Å². The molecule has 0 aliphatic heterocycles. The molecule has 90 valence electrons. The van der Waals surface area contributed by atoms with Crippen LogP contribution in [-0.4, -0.2) is 16.9 Å². The molecule has 0 aliphatic carbocycles. The van der Waals surface area contributed by atoms with Gasteiger partial charge in [-0.1, -0.05) is 5.16 Å². The van der Waals surface area contributed by atoms with E-state index in [0.717, 1.165) is 0 Å². The molecule has 0 amide bonds. The second-order valence-corrected chi connectivity index (χ2v) is 3.40. The van der Waals surface area contributed by atoms with Gasteiger partial charge in [0.25, 0.3) is 0 Å². The maximum atomic E-state index is 13.4. The Morgan fingerprint density at radius 3 is 2.47 bits per heavy atom. The Hall–Kier alpha value is -1.82. The molecule has 0 radical (unpaired) electrons. The van der Waals surface area contributed by atoms with E-state index in [-0.39, 0.29) is 24.3 Å². The Morgan fingerprint density at radius 1 is 1.06 bits per heavy atom. The zero-order chi connectivity index (χ0) is 12.4. The third-order valence-electron chi connectivity index (χ3n) is 2.20. The molecule has 1 aromatic heterocycles. The minimum Gasteiger partial charge on any atom is -0.396 e. The summed E-state index contributed by atoms with van der Waals surface area (Å²) in [5.41, 5.74) is -0.123. The number of nitrogens with zero attached hydrogens (tertiary/aromatic N) is 1. The molecule has 0 saturated heterocycles. The van der Waals surface area contributed by atoms with Crippen LogP contribution in [0, 0.1) is 17.5 Å². The van der Waals surface area contributed by atoms with Gasteiger partial charge in [0.15, 0.2) is 11.6 Å². The molecule has 2 aromatic rings. The standard InChI is InChI=1S/C11H8F3NO2/c12-8-5-10(14)9(13)4-7(8)11-3-6(1-2-16)17-15-11/h3-5,16H,1-2H2. The largest absolute Gasteiger partial charge is 0.396 e. The highest BCUT2D eigenvalue weighted by molar-refractivity contribution is 5.59. The Morgan fingerprint density at radius 2 is 1.76 bits per heavy atom. The monoisotopic (exact) mass is 243 g/mol. The summed E-state index contributed by atoms with van der Waals surface area (Å²) in [5.74, 6) is -3.00. The number of aliphatic hydroxyl groups excluding tert-OH is 1. The van der Waals surface area contributed by atoms with Crippen LogP contribution in [0.15, 0.2) is 22.7 Å². The van der Waals surface area contributed by atoms with Gasteiger partial charge in [0.1, 0.15) is 17.3 Å². The molecule has 1 aromatic carbocycles. The Kier molecular flexibility index (Phi) is 3.14. The average Bonchev–Trinajstić information content (AvgIpc) is 2.72. The fourth-order valence-electron chi connectivity index (χ4n) is 1.39. The van der Waals surface area contributed by atoms with E-state index < -0.39 is 17.5 Å². The van der Waals surface area contributed by atoms with E-state index in [0.29, 0.717) is 17.9 Å². The SMILES string of the molecule is OCCc1cc(-c2cc(F)c(F)cc2F)no1. The Balaban J connectivity index is 2.41. The number of aromatic nitrogens is 1. The first-order valence-electron chi connectivity index (χ1n) is 4.83. The predicted octanol–water partition coefficient (Wildman–Crippen LogP) is 2.29. The molecule has 6 heteroatoms. The number of hydrogen-bond donors (Lipinski definition) is 1. The molecule has 3 nitrogen and oxygen atoms in total. The van der Waals surface area contributed by atoms with Crippen LogP contribution < -0.4 is 0 Å². The van der Waals surface area contributed by atoms with Crippen molar-refractivity contribution in [3.8, 4) is 11.3 Å². The van der Waals surface area contributed by atoms with Crippen LogP contribution in [0.25, 0.3) is 11.3 Å². The van der Waals surface area contributed by atoms with Gasteiger partial charge in [0.2, 0.25) is 0 Å². The van der Waals surface area contributed by atoms with Crippen molar-refractivity contribution in [1.29, 1.82) is 0 Å². The molecule has 0 atom stereocenters. The summed E-state index contributed by atoms with van der Waals surface area (Å²) in [6.07, 6.45) is 0.221.